The van der Waals surface area contributed by atoms with Gasteiger partial charge in [-0.25, -0.2) is 9.78 Å². The highest BCUT2D eigenvalue weighted by molar-refractivity contribution is 7.16. The number of thiophene rings is 1. The summed E-state index contributed by atoms with van der Waals surface area (Å²) in [4.78, 5) is 25.0. The number of piperazine rings is 1. The van der Waals surface area contributed by atoms with E-state index in [9.17, 15) is 4.79 Å². The highest BCUT2D eigenvalue weighted by atomic mass is 35.5. The molecule has 2 amide bonds. The number of aromatic nitrogens is 1. The zero-order valence-corrected chi connectivity index (χ0v) is 17.5. The fourth-order valence-corrected chi connectivity index (χ4v) is 4.96. The van der Waals surface area contributed by atoms with E-state index in [0.717, 1.165) is 68.8 Å². The lowest BCUT2D eigenvalue weighted by Gasteiger charge is -2.37. The van der Waals surface area contributed by atoms with Crippen LogP contribution < -0.4 is 10.2 Å². The van der Waals surface area contributed by atoms with Crippen molar-refractivity contribution in [2.75, 3.05) is 44.2 Å². The summed E-state index contributed by atoms with van der Waals surface area (Å²) in [6.07, 6.45) is 3.75. The Labute approximate surface area is 175 Å². The van der Waals surface area contributed by atoms with Crippen LogP contribution in [0, 0.1) is 0 Å². The van der Waals surface area contributed by atoms with E-state index in [1.165, 1.54) is 4.88 Å². The number of hydrogen-bond donors (Lipinski definition) is 1. The summed E-state index contributed by atoms with van der Waals surface area (Å²) in [6.45, 7) is 6.13. The first-order valence-corrected chi connectivity index (χ1v) is 11.0. The van der Waals surface area contributed by atoms with Crippen molar-refractivity contribution in [3.05, 3.63) is 45.7 Å². The Morgan fingerprint density at radius 3 is 2.54 bits per heavy atom. The van der Waals surface area contributed by atoms with Gasteiger partial charge in [0.25, 0.3) is 0 Å². The van der Waals surface area contributed by atoms with Gasteiger partial charge in [-0.15, -0.1) is 11.3 Å². The molecule has 2 saturated heterocycles. The molecular weight excluding hydrogens is 394 g/mol. The van der Waals surface area contributed by atoms with Crippen molar-refractivity contribution in [2.45, 2.75) is 25.4 Å². The molecule has 2 aliphatic rings. The highest BCUT2D eigenvalue weighted by Crippen LogP contribution is 2.23. The maximum Gasteiger partial charge on any atom is 0.317 e. The van der Waals surface area contributed by atoms with E-state index in [4.69, 9.17) is 11.6 Å². The smallest absolute Gasteiger partial charge is 0.317 e. The van der Waals surface area contributed by atoms with E-state index in [0.29, 0.717) is 0 Å². The van der Waals surface area contributed by atoms with Crippen LogP contribution in [0.1, 0.15) is 17.7 Å². The van der Waals surface area contributed by atoms with Crippen molar-refractivity contribution in [1.29, 1.82) is 0 Å². The number of pyridine rings is 1. The van der Waals surface area contributed by atoms with Gasteiger partial charge in [0.2, 0.25) is 0 Å². The molecule has 0 aliphatic carbocycles. The molecule has 0 atom stereocenters. The number of halogens is 1. The van der Waals surface area contributed by atoms with E-state index in [2.05, 4.69) is 26.2 Å². The number of carbonyl (C=O) groups excluding carboxylic acids is 1. The number of nitrogens with one attached hydrogen (secondary N) is 1. The maximum absolute atomic E-state index is 12.6. The van der Waals surface area contributed by atoms with Crippen LogP contribution in [0.5, 0.6) is 0 Å². The van der Waals surface area contributed by atoms with Gasteiger partial charge in [0.15, 0.2) is 0 Å². The van der Waals surface area contributed by atoms with Gasteiger partial charge in [-0.1, -0.05) is 17.7 Å². The number of piperidine rings is 1. The first-order valence-electron chi connectivity index (χ1n) is 9.85. The Balaban J connectivity index is 1.19. The molecule has 2 aromatic heterocycles. The van der Waals surface area contributed by atoms with Crippen LogP contribution >= 0.6 is 22.9 Å². The Hall–Kier alpha value is -1.83. The lowest BCUT2D eigenvalue weighted by atomic mass is 10.1. The lowest BCUT2D eigenvalue weighted by molar-refractivity contribution is 0.133. The minimum Gasteiger partial charge on any atom is -0.356 e. The molecule has 28 heavy (non-hydrogen) atoms. The topological polar surface area (TPSA) is 51.7 Å². The second kappa shape index (κ2) is 9.11. The standard InChI is InChI=1S/C20H26ClN5OS/c21-18-5-4-17(28-18)15-24-11-13-26(14-12-24)20(27)23-16-6-9-25(10-7-16)19-3-1-2-8-22-19/h1-5,8,16H,6-7,9-15H2,(H,23,27). The second-order valence-electron chi connectivity index (χ2n) is 7.37. The molecule has 1 N–H and O–H groups in total. The summed E-state index contributed by atoms with van der Waals surface area (Å²) in [5.41, 5.74) is 0. The van der Waals surface area contributed by atoms with Gasteiger partial charge in [-0.05, 0) is 37.1 Å². The van der Waals surface area contributed by atoms with Gasteiger partial charge < -0.3 is 15.1 Å². The number of nitrogens with zero attached hydrogens (tertiary/aromatic N) is 4. The third-order valence-corrected chi connectivity index (χ3v) is 6.68. The highest BCUT2D eigenvalue weighted by Gasteiger charge is 2.26. The summed E-state index contributed by atoms with van der Waals surface area (Å²) in [6, 6.07) is 10.4. The number of amides is 2. The van der Waals surface area contributed by atoms with Gasteiger partial charge in [0.05, 0.1) is 4.34 Å². The van der Waals surface area contributed by atoms with E-state index in [1.807, 2.05) is 35.4 Å². The molecule has 6 nitrogen and oxygen atoms in total. The largest absolute Gasteiger partial charge is 0.356 e. The van der Waals surface area contributed by atoms with E-state index >= 15 is 0 Å². The van der Waals surface area contributed by atoms with E-state index < -0.39 is 0 Å². The van der Waals surface area contributed by atoms with Crippen molar-refractivity contribution in [1.82, 2.24) is 20.1 Å². The van der Waals surface area contributed by atoms with Crippen molar-refractivity contribution < 1.29 is 4.79 Å². The van der Waals surface area contributed by atoms with Crippen LogP contribution in [0.3, 0.4) is 0 Å². The van der Waals surface area contributed by atoms with Crippen molar-refractivity contribution in [3.8, 4) is 0 Å². The van der Waals surface area contributed by atoms with Gasteiger partial charge in [0, 0.05) is 62.9 Å². The first-order chi connectivity index (χ1) is 13.7. The second-order valence-corrected chi connectivity index (χ2v) is 9.17. The minimum absolute atomic E-state index is 0.0788. The summed E-state index contributed by atoms with van der Waals surface area (Å²) in [7, 11) is 0. The number of carbonyl (C=O) groups is 1. The summed E-state index contributed by atoms with van der Waals surface area (Å²) < 4.78 is 0.835. The predicted molar refractivity (Wildman–Crippen MR) is 114 cm³/mol. The Morgan fingerprint density at radius 2 is 1.89 bits per heavy atom. The van der Waals surface area contributed by atoms with E-state index in [-0.39, 0.29) is 12.1 Å². The number of urea groups is 1. The molecule has 8 heteroatoms. The van der Waals surface area contributed by atoms with Crippen molar-refractivity contribution in [2.24, 2.45) is 0 Å². The van der Waals surface area contributed by atoms with Gasteiger partial charge >= 0.3 is 6.03 Å². The van der Waals surface area contributed by atoms with Crippen molar-refractivity contribution >= 4 is 34.8 Å². The molecule has 0 bridgehead atoms. The van der Waals surface area contributed by atoms with Crippen LogP contribution in [0.15, 0.2) is 36.5 Å². The average Bonchev–Trinajstić information content (AvgIpc) is 3.14. The molecule has 0 spiro atoms. The quantitative estimate of drug-likeness (QED) is 0.826. The van der Waals surface area contributed by atoms with Gasteiger partial charge in [-0.2, -0.15) is 0 Å². The van der Waals surface area contributed by atoms with Crippen molar-refractivity contribution in [3.63, 3.8) is 0 Å². The molecular formula is C20H26ClN5OS. The van der Waals surface area contributed by atoms with Crippen LogP contribution in [-0.2, 0) is 6.54 Å². The number of rotatable bonds is 4. The summed E-state index contributed by atoms with van der Waals surface area (Å²) >= 11 is 7.64. The summed E-state index contributed by atoms with van der Waals surface area (Å²) in [5.74, 6) is 1.02. The van der Waals surface area contributed by atoms with Gasteiger partial charge in [-0.3, -0.25) is 4.90 Å². The zero-order chi connectivity index (χ0) is 19.3. The van der Waals surface area contributed by atoms with Crippen LogP contribution in [0.25, 0.3) is 0 Å². The molecule has 2 aromatic rings. The predicted octanol–water partition coefficient (Wildman–Crippen LogP) is 3.29. The molecule has 4 rings (SSSR count). The summed E-state index contributed by atoms with van der Waals surface area (Å²) in [5, 5.41) is 3.23. The van der Waals surface area contributed by atoms with Crippen LogP contribution in [0.4, 0.5) is 10.6 Å². The Morgan fingerprint density at radius 1 is 1.11 bits per heavy atom. The lowest BCUT2D eigenvalue weighted by Crippen LogP contribution is -2.54. The Kier molecular flexibility index (Phi) is 6.34. The van der Waals surface area contributed by atoms with Crippen LogP contribution in [-0.4, -0.2) is 66.1 Å². The molecule has 150 valence electrons. The van der Waals surface area contributed by atoms with Gasteiger partial charge in [0.1, 0.15) is 5.82 Å². The Bertz CT molecular complexity index is 770. The fourth-order valence-electron chi connectivity index (χ4n) is 3.83. The molecule has 0 unspecified atom stereocenters. The molecule has 0 aromatic carbocycles. The third kappa shape index (κ3) is 4.96. The first kappa shape index (κ1) is 19.5. The number of hydrogen-bond acceptors (Lipinski definition) is 5. The molecule has 2 fully saturated rings. The monoisotopic (exact) mass is 419 g/mol. The molecule has 4 heterocycles. The van der Waals surface area contributed by atoms with E-state index in [1.54, 1.807) is 11.3 Å². The zero-order valence-electron chi connectivity index (χ0n) is 15.9. The van der Waals surface area contributed by atoms with Crippen LogP contribution in [0.2, 0.25) is 4.34 Å². The molecule has 2 aliphatic heterocycles. The SMILES string of the molecule is O=C(NC1CCN(c2ccccn2)CC1)N1CCN(Cc2ccc(Cl)s2)CC1. The number of anilines is 1. The average molecular weight is 420 g/mol. The normalized spacial score (nSPS) is 19.0. The molecule has 0 radical (unpaired) electrons. The minimum atomic E-state index is 0.0788. The third-order valence-electron chi connectivity index (χ3n) is 5.46. The fraction of sp³-hybridized carbons (Fsp3) is 0.500. The molecule has 0 saturated carbocycles. The maximum atomic E-state index is 12.6.